The molecular weight excluding hydrogens is 312 g/mol. The molecule has 0 bridgehead atoms. The van der Waals surface area contributed by atoms with Crippen LogP contribution in [-0.2, 0) is 6.42 Å². The van der Waals surface area contributed by atoms with Crippen molar-refractivity contribution >= 4 is 16.9 Å². The molecule has 0 atom stereocenters. The van der Waals surface area contributed by atoms with Gasteiger partial charge in [-0.1, -0.05) is 18.2 Å². The van der Waals surface area contributed by atoms with Gasteiger partial charge in [-0.3, -0.25) is 0 Å². The van der Waals surface area contributed by atoms with E-state index in [2.05, 4.69) is 0 Å². The highest BCUT2D eigenvalue weighted by Crippen LogP contribution is 2.43. The number of benzene rings is 2. The zero-order valence-corrected chi connectivity index (χ0v) is 12.6. The number of carbonyl (C=O) groups is 1. The van der Waals surface area contributed by atoms with Gasteiger partial charge in [-0.25, -0.2) is 4.79 Å². The Bertz CT molecular complexity index is 946. The normalized spacial score (nSPS) is 11.0. The highest BCUT2D eigenvalue weighted by Gasteiger charge is 2.24. The molecule has 3 aromatic rings. The number of para-hydroxylation sites is 1. The van der Waals surface area contributed by atoms with Crippen LogP contribution in [-0.4, -0.2) is 37.5 Å². The maximum absolute atomic E-state index is 11.5. The van der Waals surface area contributed by atoms with E-state index in [0.717, 1.165) is 17.0 Å². The highest BCUT2D eigenvalue weighted by molar-refractivity contribution is 5.97. The van der Waals surface area contributed by atoms with Crippen molar-refractivity contribution in [2.45, 2.75) is 6.42 Å². The zero-order valence-electron chi connectivity index (χ0n) is 12.6. The third-order valence-corrected chi connectivity index (χ3v) is 3.91. The number of hydrogen-bond donors (Lipinski definition) is 5. The van der Waals surface area contributed by atoms with Crippen LogP contribution in [0.3, 0.4) is 0 Å². The quantitative estimate of drug-likeness (QED) is 0.466. The lowest BCUT2D eigenvalue weighted by molar-refractivity contribution is 0.0696. The molecule has 0 spiro atoms. The minimum atomic E-state index is -1.34. The van der Waals surface area contributed by atoms with E-state index in [1.54, 1.807) is 18.3 Å². The van der Waals surface area contributed by atoms with E-state index in [0.29, 0.717) is 18.5 Å². The molecular formula is C17H16N2O5. The standard InChI is InChI=1S/C17H16N2O5/c18-6-5-9-8-19(12-4-2-1-3-10(9)12)14-11(17(23)24)7-13(20)15(21)16(14)22/h1-4,7-8,20-22H,5-6,18H2,(H,23,24). The van der Waals surface area contributed by atoms with Crippen molar-refractivity contribution < 1.29 is 25.2 Å². The number of carboxylic acid groups (broad SMARTS) is 1. The van der Waals surface area contributed by atoms with Crippen LogP contribution >= 0.6 is 0 Å². The highest BCUT2D eigenvalue weighted by atomic mass is 16.4. The Balaban J connectivity index is 2.40. The Kier molecular flexibility index (Phi) is 3.78. The number of aromatic carboxylic acids is 1. The number of carboxylic acids is 1. The summed E-state index contributed by atoms with van der Waals surface area (Å²) < 4.78 is 1.48. The van der Waals surface area contributed by atoms with Gasteiger partial charge in [-0.05, 0) is 24.6 Å². The van der Waals surface area contributed by atoms with Crippen molar-refractivity contribution in [3.8, 4) is 22.9 Å². The van der Waals surface area contributed by atoms with Crippen molar-refractivity contribution in [3.63, 3.8) is 0 Å². The summed E-state index contributed by atoms with van der Waals surface area (Å²) in [6.45, 7) is 0.409. The number of aromatic nitrogens is 1. The van der Waals surface area contributed by atoms with E-state index in [1.807, 2.05) is 12.1 Å². The number of rotatable bonds is 4. The predicted octanol–water partition coefficient (Wildman–Crippen LogP) is 1.95. The minimum absolute atomic E-state index is 0.114. The molecule has 0 amide bonds. The van der Waals surface area contributed by atoms with Gasteiger partial charge in [-0.15, -0.1) is 0 Å². The van der Waals surface area contributed by atoms with Crippen molar-refractivity contribution in [2.75, 3.05) is 6.54 Å². The largest absolute Gasteiger partial charge is 0.504 e. The first-order chi connectivity index (χ1) is 11.5. The number of aromatic hydroxyl groups is 3. The summed E-state index contributed by atoms with van der Waals surface area (Å²) in [5.74, 6) is -3.51. The summed E-state index contributed by atoms with van der Waals surface area (Å²) in [5, 5.41) is 39.9. The van der Waals surface area contributed by atoms with Crippen LogP contribution in [0.2, 0.25) is 0 Å². The molecule has 7 nitrogen and oxygen atoms in total. The lowest BCUT2D eigenvalue weighted by atomic mass is 10.1. The Morgan fingerprint density at radius 2 is 1.83 bits per heavy atom. The first-order valence-electron chi connectivity index (χ1n) is 7.26. The van der Waals surface area contributed by atoms with Crippen LogP contribution in [0.4, 0.5) is 0 Å². The van der Waals surface area contributed by atoms with E-state index < -0.39 is 23.2 Å². The van der Waals surface area contributed by atoms with Crippen molar-refractivity contribution in [3.05, 3.63) is 47.7 Å². The van der Waals surface area contributed by atoms with E-state index in [9.17, 15) is 25.2 Å². The van der Waals surface area contributed by atoms with Crippen molar-refractivity contribution in [2.24, 2.45) is 5.73 Å². The second kappa shape index (κ2) is 5.78. The Morgan fingerprint density at radius 1 is 1.12 bits per heavy atom. The molecule has 0 aliphatic carbocycles. The molecule has 0 fully saturated rings. The van der Waals surface area contributed by atoms with E-state index in [-0.39, 0.29) is 11.3 Å². The van der Waals surface area contributed by atoms with Gasteiger partial charge in [0.05, 0.1) is 11.1 Å². The second-order valence-corrected chi connectivity index (χ2v) is 5.37. The van der Waals surface area contributed by atoms with Crippen molar-refractivity contribution in [1.82, 2.24) is 4.57 Å². The van der Waals surface area contributed by atoms with E-state index in [4.69, 9.17) is 5.73 Å². The van der Waals surface area contributed by atoms with Crippen molar-refractivity contribution in [1.29, 1.82) is 0 Å². The summed E-state index contributed by atoms with van der Waals surface area (Å²) in [4.78, 5) is 11.5. The molecule has 0 saturated heterocycles. The van der Waals surface area contributed by atoms with Crippen LogP contribution in [0.1, 0.15) is 15.9 Å². The Morgan fingerprint density at radius 3 is 2.50 bits per heavy atom. The second-order valence-electron chi connectivity index (χ2n) is 5.37. The number of phenols is 3. The number of nitrogens with two attached hydrogens (primary N) is 1. The van der Waals surface area contributed by atoms with Gasteiger partial charge in [0.25, 0.3) is 0 Å². The number of hydrogen-bond acceptors (Lipinski definition) is 5. The molecule has 0 unspecified atom stereocenters. The molecule has 6 N–H and O–H groups in total. The Labute approximate surface area is 136 Å². The molecule has 124 valence electrons. The molecule has 0 aliphatic rings. The van der Waals surface area contributed by atoms with Gasteiger partial charge in [0.15, 0.2) is 11.5 Å². The van der Waals surface area contributed by atoms with E-state index >= 15 is 0 Å². The maximum Gasteiger partial charge on any atom is 0.338 e. The Hall–Kier alpha value is -3.19. The van der Waals surface area contributed by atoms with E-state index in [1.165, 1.54) is 4.57 Å². The molecule has 1 heterocycles. The van der Waals surface area contributed by atoms with Gasteiger partial charge in [-0.2, -0.15) is 0 Å². The van der Waals surface area contributed by atoms with Crippen LogP contribution in [0, 0.1) is 0 Å². The fourth-order valence-corrected chi connectivity index (χ4v) is 2.83. The van der Waals surface area contributed by atoms with Crippen LogP contribution < -0.4 is 5.73 Å². The SMILES string of the molecule is NCCc1cn(-c2c(C(=O)O)cc(O)c(O)c2O)c2ccccc12. The third-order valence-electron chi connectivity index (χ3n) is 3.91. The molecule has 0 radical (unpaired) electrons. The minimum Gasteiger partial charge on any atom is -0.504 e. The van der Waals surface area contributed by atoms with Crippen LogP contribution in [0.15, 0.2) is 36.5 Å². The lowest BCUT2D eigenvalue weighted by Gasteiger charge is -2.13. The lowest BCUT2D eigenvalue weighted by Crippen LogP contribution is -2.06. The molecule has 3 rings (SSSR count). The molecule has 1 aromatic heterocycles. The molecule has 0 saturated carbocycles. The van der Waals surface area contributed by atoms with Gasteiger partial charge in [0, 0.05) is 17.6 Å². The molecule has 0 aliphatic heterocycles. The average Bonchev–Trinajstić information content (AvgIpc) is 2.91. The monoisotopic (exact) mass is 328 g/mol. The topological polar surface area (TPSA) is 129 Å². The average molecular weight is 328 g/mol. The number of fused-ring (bicyclic) bond motifs is 1. The third kappa shape index (κ3) is 2.31. The molecule has 7 heteroatoms. The van der Waals surface area contributed by atoms with Crippen LogP contribution in [0.25, 0.3) is 16.6 Å². The van der Waals surface area contributed by atoms with Gasteiger partial charge in [0.2, 0.25) is 5.75 Å². The van der Waals surface area contributed by atoms with Gasteiger partial charge < -0.3 is 30.7 Å². The summed E-state index contributed by atoms with van der Waals surface area (Å²) in [7, 11) is 0. The predicted molar refractivity (Wildman–Crippen MR) is 88.0 cm³/mol. The summed E-state index contributed by atoms with van der Waals surface area (Å²) in [5.41, 5.74) is 6.72. The summed E-state index contributed by atoms with van der Waals surface area (Å²) in [6, 6.07) is 8.17. The fourth-order valence-electron chi connectivity index (χ4n) is 2.83. The van der Waals surface area contributed by atoms with Gasteiger partial charge >= 0.3 is 5.97 Å². The molecule has 2 aromatic carbocycles. The number of phenolic OH excluding ortho intramolecular Hbond substituents is 3. The first kappa shape index (κ1) is 15.7. The first-order valence-corrected chi connectivity index (χ1v) is 7.26. The van der Waals surface area contributed by atoms with Gasteiger partial charge in [0.1, 0.15) is 5.69 Å². The summed E-state index contributed by atoms with van der Waals surface area (Å²) in [6.07, 6.45) is 2.25. The van der Waals surface area contributed by atoms with Crippen LogP contribution in [0.5, 0.6) is 17.2 Å². The number of nitrogens with zero attached hydrogens (tertiary/aromatic N) is 1. The summed E-state index contributed by atoms with van der Waals surface area (Å²) >= 11 is 0. The maximum atomic E-state index is 11.5. The smallest absolute Gasteiger partial charge is 0.338 e. The molecule has 24 heavy (non-hydrogen) atoms. The fraction of sp³-hybridized carbons (Fsp3) is 0.118. The zero-order chi connectivity index (χ0) is 17.4.